The SMILES string of the molecule is CC(C)CC(NC(=O)C(N)C(C)O)C(=O)NC(CC(N)=O)C(=O)NC(CCCCN)C(=O)O. The lowest BCUT2D eigenvalue weighted by Crippen LogP contribution is -2.58. The summed E-state index contributed by atoms with van der Waals surface area (Å²) in [6.45, 7) is 5.28. The summed E-state index contributed by atoms with van der Waals surface area (Å²) >= 11 is 0. The van der Waals surface area contributed by atoms with Crippen LogP contribution in [0.1, 0.15) is 52.9 Å². The Morgan fingerprint density at radius 1 is 0.848 bits per heavy atom. The second-order valence-electron chi connectivity index (χ2n) is 8.37. The summed E-state index contributed by atoms with van der Waals surface area (Å²) in [6, 6.07) is -5.10. The van der Waals surface area contributed by atoms with E-state index >= 15 is 0 Å². The van der Waals surface area contributed by atoms with Crippen molar-refractivity contribution in [2.24, 2.45) is 23.1 Å². The molecule has 190 valence electrons. The lowest BCUT2D eigenvalue weighted by atomic mass is 10.0. The number of hydrogen-bond donors (Lipinski definition) is 8. The van der Waals surface area contributed by atoms with Crippen LogP contribution in [-0.4, -0.2) is 76.6 Å². The third-order valence-electron chi connectivity index (χ3n) is 4.76. The first-order valence-corrected chi connectivity index (χ1v) is 10.9. The van der Waals surface area contributed by atoms with Gasteiger partial charge in [-0.15, -0.1) is 0 Å². The molecule has 11 N–H and O–H groups in total. The van der Waals surface area contributed by atoms with Crippen molar-refractivity contribution in [2.75, 3.05) is 6.54 Å². The van der Waals surface area contributed by atoms with Crippen LogP contribution in [0.4, 0.5) is 0 Å². The number of aliphatic hydroxyl groups is 1. The van der Waals surface area contributed by atoms with E-state index in [-0.39, 0.29) is 18.8 Å². The Morgan fingerprint density at radius 3 is 1.82 bits per heavy atom. The van der Waals surface area contributed by atoms with Crippen molar-refractivity contribution in [3.8, 4) is 0 Å². The highest BCUT2D eigenvalue weighted by Gasteiger charge is 2.32. The molecular formula is C20H38N6O7. The highest BCUT2D eigenvalue weighted by atomic mass is 16.4. The minimum absolute atomic E-state index is 0.0498. The monoisotopic (exact) mass is 474 g/mol. The molecule has 33 heavy (non-hydrogen) atoms. The van der Waals surface area contributed by atoms with Crippen LogP contribution in [0, 0.1) is 5.92 Å². The number of carbonyl (C=O) groups is 5. The number of nitrogens with one attached hydrogen (secondary N) is 3. The van der Waals surface area contributed by atoms with Gasteiger partial charge in [0.05, 0.1) is 12.5 Å². The van der Waals surface area contributed by atoms with Gasteiger partial charge in [0.1, 0.15) is 24.2 Å². The number of primary amides is 1. The molecule has 0 rings (SSSR count). The molecule has 5 atom stereocenters. The maximum absolute atomic E-state index is 12.8. The molecule has 0 saturated heterocycles. The van der Waals surface area contributed by atoms with E-state index in [0.29, 0.717) is 19.4 Å². The largest absolute Gasteiger partial charge is 0.480 e. The fourth-order valence-electron chi connectivity index (χ4n) is 2.90. The summed E-state index contributed by atoms with van der Waals surface area (Å²) < 4.78 is 0. The first kappa shape index (κ1) is 30.2. The normalized spacial score (nSPS) is 15.6. The number of carboxylic acid groups (broad SMARTS) is 1. The molecule has 0 aliphatic rings. The number of rotatable bonds is 16. The van der Waals surface area contributed by atoms with Gasteiger partial charge in [0, 0.05) is 0 Å². The smallest absolute Gasteiger partial charge is 0.326 e. The summed E-state index contributed by atoms with van der Waals surface area (Å²) in [5.74, 6) is -4.69. The van der Waals surface area contributed by atoms with Crippen molar-refractivity contribution in [1.82, 2.24) is 16.0 Å². The zero-order valence-electron chi connectivity index (χ0n) is 19.4. The molecule has 0 heterocycles. The van der Waals surface area contributed by atoms with Crippen molar-refractivity contribution in [3.63, 3.8) is 0 Å². The fraction of sp³-hybridized carbons (Fsp3) is 0.750. The Bertz CT molecular complexity index is 686. The van der Waals surface area contributed by atoms with Gasteiger partial charge in [0.15, 0.2) is 0 Å². The average molecular weight is 475 g/mol. The van der Waals surface area contributed by atoms with E-state index < -0.39 is 66.3 Å². The zero-order chi connectivity index (χ0) is 25.7. The number of hydrogen-bond acceptors (Lipinski definition) is 8. The molecule has 0 aliphatic carbocycles. The van der Waals surface area contributed by atoms with E-state index in [4.69, 9.17) is 17.2 Å². The summed E-state index contributed by atoms with van der Waals surface area (Å²) in [7, 11) is 0. The number of unbranched alkanes of at least 4 members (excludes halogenated alkanes) is 1. The number of carbonyl (C=O) groups excluding carboxylic acids is 4. The molecule has 0 aliphatic heterocycles. The molecule has 5 unspecified atom stereocenters. The zero-order valence-corrected chi connectivity index (χ0v) is 19.4. The van der Waals surface area contributed by atoms with Crippen molar-refractivity contribution in [3.05, 3.63) is 0 Å². The summed E-state index contributed by atoms with van der Waals surface area (Å²) in [5.41, 5.74) is 16.2. The molecule has 0 aromatic heterocycles. The van der Waals surface area contributed by atoms with Crippen molar-refractivity contribution >= 4 is 29.6 Å². The van der Waals surface area contributed by atoms with Crippen LogP contribution in [0.5, 0.6) is 0 Å². The van der Waals surface area contributed by atoms with Crippen molar-refractivity contribution in [2.45, 2.75) is 83.1 Å². The first-order chi connectivity index (χ1) is 15.3. The van der Waals surface area contributed by atoms with E-state index in [2.05, 4.69) is 16.0 Å². The molecule has 0 fully saturated rings. The van der Waals surface area contributed by atoms with Gasteiger partial charge < -0.3 is 43.4 Å². The molecule has 0 aromatic carbocycles. The van der Waals surface area contributed by atoms with Gasteiger partial charge in [-0.2, -0.15) is 0 Å². The molecule has 0 spiro atoms. The predicted octanol–water partition coefficient (Wildman–Crippen LogP) is -2.72. The third kappa shape index (κ3) is 12.2. The third-order valence-corrected chi connectivity index (χ3v) is 4.76. The van der Waals surface area contributed by atoms with Gasteiger partial charge in [-0.05, 0) is 45.1 Å². The number of amides is 4. The fourth-order valence-corrected chi connectivity index (χ4v) is 2.90. The maximum Gasteiger partial charge on any atom is 0.326 e. The Morgan fingerprint density at radius 2 is 1.36 bits per heavy atom. The lowest BCUT2D eigenvalue weighted by Gasteiger charge is -2.26. The van der Waals surface area contributed by atoms with Crippen molar-refractivity contribution in [1.29, 1.82) is 0 Å². The van der Waals surface area contributed by atoms with Crippen LogP contribution in [0.25, 0.3) is 0 Å². The second-order valence-corrected chi connectivity index (χ2v) is 8.37. The molecule has 13 heteroatoms. The van der Waals surface area contributed by atoms with Crippen LogP contribution >= 0.6 is 0 Å². The second kappa shape index (κ2) is 15.1. The van der Waals surface area contributed by atoms with Gasteiger partial charge in [-0.25, -0.2) is 4.79 Å². The van der Waals surface area contributed by atoms with E-state index in [0.717, 1.165) is 0 Å². The Balaban J connectivity index is 5.48. The van der Waals surface area contributed by atoms with E-state index in [9.17, 15) is 34.2 Å². The molecule has 0 bridgehead atoms. The Kier molecular flexibility index (Phi) is 13.9. The minimum Gasteiger partial charge on any atom is -0.480 e. The quantitative estimate of drug-likeness (QED) is 0.108. The molecule has 0 aromatic rings. The van der Waals surface area contributed by atoms with Gasteiger partial charge in [-0.3, -0.25) is 19.2 Å². The molecule has 4 amide bonds. The van der Waals surface area contributed by atoms with Gasteiger partial charge in [0.25, 0.3) is 0 Å². The number of aliphatic carboxylic acids is 1. The van der Waals surface area contributed by atoms with Crippen LogP contribution < -0.4 is 33.2 Å². The Labute approximate surface area is 193 Å². The van der Waals surface area contributed by atoms with Gasteiger partial charge in [0.2, 0.25) is 23.6 Å². The standard InChI is InChI=1S/C20H38N6O7/c1-10(2)8-13(26-19(31)16(23)11(3)27)17(29)25-14(9-15(22)28)18(30)24-12(20(32)33)6-4-5-7-21/h10-14,16,27H,4-9,21,23H2,1-3H3,(H2,22,28)(H,24,30)(H,25,29)(H,26,31)(H,32,33). The van der Waals surface area contributed by atoms with Crippen LogP contribution in [0.15, 0.2) is 0 Å². The molecule has 0 saturated carbocycles. The lowest BCUT2D eigenvalue weighted by molar-refractivity contribution is -0.142. The number of carboxylic acids is 1. The first-order valence-electron chi connectivity index (χ1n) is 10.9. The maximum atomic E-state index is 12.8. The van der Waals surface area contributed by atoms with Gasteiger partial charge in [-0.1, -0.05) is 13.8 Å². The van der Waals surface area contributed by atoms with Crippen LogP contribution in [-0.2, 0) is 24.0 Å². The number of aliphatic hydroxyl groups excluding tert-OH is 1. The van der Waals surface area contributed by atoms with Crippen LogP contribution in [0.3, 0.4) is 0 Å². The van der Waals surface area contributed by atoms with E-state index in [1.54, 1.807) is 13.8 Å². The number of nitrogens with two attached hydrogens (primary N) is 3. The molecular weight excluding hydrogens is 436 g/mol. The van der Waals surface area contributed by atoms with E-state index in [1.165, 1.54) is 6.92 Å². The summed E-state index contributed by atoms with van der Waals surface area (Å²) in [5, 5.41) is 25.9. The average Bonchev–Trinajstić information content (AvgIpc) is 2.70. The topological polar surface area (TPSA) is 240 Å². The van der Waals surface area contributed by atoms with Crippen molar-refractivity contribution < 1.29 is 34.2 Å². The summed E-state index contributed by atoms with van der Waals surface area (Å²) in [4.78, 5) is 60.7. The van der Waals surface area contributed by atoms with E-state index in [1.807, 2.05) is 0 Å². The minimum atomic E-state index is -1.46. The highest BCUT2D eigenvalue weighted by Crippen LogP contribution is 2.08. The highest BCUT2D eigenvalue weighted by molar-refractivity contribution is 5.96. The van der Waals surface area contributed by atoms with Gasteiger partial charge >= 0.3 is 5.97 Å². The predicted molar refractivity (Wildman–Crippen MR) is 119 cm³/mol. The summed E-state index contributed by atoms with van der Waals surface area (Å²) in [6.07, 6.45) is -0.445. The molecule has 0 radical (unpaired) electrons. The van der Waals surface area contributed by atoms with Crippen LogP contribution in [0.2, 0.25) is 0 Å². The Hall–Kier alpha value is -2.77. The molecule has 13 nitrogen and oxygen atoms in total.